The average molecular weight is 422 g/mol. The molecule has 2 heterocycles. The lowest BCUT2D eigenvalue weighted by Gasteiger charge is -2.08. The normalized spacial score (nSPS) is 12.6. The maximum absolute atomic E-state index is 12.4. The highest BCUT2D eigenvalue weighted by Crippen LogP contribution is 2.39. The van der Waals surface area contributed by atoms with Gasteiger partial charge in [0.1, 0.15) is 5.00 Å². The lowest BCUT2D eigenvalue weighted by molar-refractivity contribution is -0.113. The number of hydrogen-bond donors (Lipinski definition) is 2. The number of amides is 1. The molecule has 3 rings (SSSR count). The number of hydrogen-bond acceptors (Lipinski definition) is 7. The zero-order valence-electron chi connectivity index (χ0n) is 15.9. The smallest absolute Gasteiger partial charge is 0.341 e. The third-order valence-electron chi connectivity index (χ3n) is 4.27. The number of ether oxygens (including phenoxy) is 1. The summed E-state index contributed by atoms with van der Waals surface area (Å²) in [5.74, 6) is -0.550. The average Bonchev–Trinajstić information content (AvgIpc) is 3.20. The molecule has 0 aromatic carbocycles. The van der Waals surface area contributed by atoms with Crippen LogP contribution < -0.4 is 10.9 Å². The second-order valence-electron chi connectivity index (χ2n) is 6.41. The Hall–Kier alpha value is -2.13. The summed E-state index contributed by atoms with van der Waals surface area (Å²) >= 11 is 2.62. The van der Waals surface area contributed by atoms with E-state index in [1.165, 1.54) is 29.2 Å². The van der Waals surface area contributed by atoms with Crippen LogP contribution in [0.4, 0.5) is 5.00 Å². The van der Waals surface area contributed by atoms with Gasteiger partial charge in [-0.1, -0.05) is 25.1 Å². The van der Waals surface area contributed by atoms with E-state index < -0.39 is 0 Å². The number of fused-ring (bicyclic) bond motifs is 1. The van der Waals surface area contributed by atoms with Crippen LogP contribution in [0.3, 0.4) is 0 Å². The molecule has 0 bridgehead atoms. The standard InChI is InChI=1S/C19H23N3O4S2/c1-3-6-11-9-14(23)22-19(20-11)27-10-15(24)21-17-16(18(25)26-4-2)12-7-5-8-13(12)28-17/h9H,3-8,10H2,1-2H3,(H,21,24)(H,20,22,23). The number of anilines is 1. The number of rotatable bonds is 8. The molecule has 0 spiro atoms. The molecule has 28 heavy (non-hydrogen) atoms. The van der Waals surface area contributed by atoms with E-state index in [1.54, 1.807) is 6.92 Å². The van der Waals surface area contributed by atoms with Crippen molar-refractivity contribution in [3.05, 3.63) is 38.1 Å². The largest absolute Gasteiger partial charge is 0.462 e. The van der Waals surface area contributed by atoms with E-state index in [-0.39, 0.29) is 23.2 Å². The third kappa shape index (κ3) is 4.82. The van der Waals surface area contributed by atoms with Crippen molar-refractivity contribution in [3.8, 4) is 0 Å². The number of H-pyrrole nitrogens is 1. The van der Waals surface area contributed by atoms with E-state index in [0.29, 0.717) is 34.4 Å². The van der Waals surface area contributed by atoms with E-state index in [9.17, 15) is 14.4 Å². The van der Waals surface area contributed by atoms with Gasteiger partial charge in [0.25, 0.3) is 5.56 Å². The first-order chi connectivity index (χ1) is 13.5. The Balaban J connectivity index is 1.69. The summed E-state index contributed by atoms with van der Waals surface area (Å²) in [5.41, 5.74) is 1.99. The molecular weight excluding hydrogens is 398 g/mol. The van der Waals surface area contributed by atoms with Gasteiger partial charge in [0.15, 0.2) is 5.16 Å². The first-order valence-corrected chi connectivity index (χ1v) is 11.2. The van der Waals surface area contributed by atoms with Crippen molar-refractivity contribution >= 4 is 40.0 Å². The van der Waals surface area contributed by atoms with Gasteiger partial charge < -0.3 is 15.0 Å². The molecule has 2 N–H and O–H groups in total. The lowest BCUT2D eigenvalue weighted by atomic mass is 10.1. The van der Waals surface area contributed by atoms with Gasteiger partial charge in [0.2, 0.25) is 5.91 Å². The summed E-state index contributed by atoms with van der Waals surface area (Å²) in [5, 5.41) is 3.81. The van der Waals surface area contributed by atoms with Crippen molar-refractivity contribution in [2.75, 3.05) is 17.7 Å². The molecule has 0 aliphatic heterocycles. The minimum Gasteiger partial charge on any atom is -0.462 e. The molecule has 7 nitrogen and oxygen atoms in total. The Labute approximate surface area is 171 Å². The minimum absolute atomic E-state index is 0.0867. The van der Waals surface area contributed by atoms with Crippen molar-refractivity contribution in [2.45, 2.75) is 51.1 Å². The molecule has 0 atom stereocenters. The van der Waals surface area contributed by atoms with Gasteiger partial charge in [0.05, 0.1) is 17.9 Å². The van der Waals surface area contributed by atoms with E-state index in [2.05, 4.69) is 15.3 Å². The fraction of sp³-hybridized carbons (Fsp3) is 0.474. The van der Waals surface area contributed by atoms with E-state index in [0.717, 1.165) is 36.1 Å². The summed E-state index contributed by atoms with van der Waals surface area (Å²) in [6.07, 6.45) is 4.38. The number of nitrogens with zero attached hydrogens (tertiary/aromatic N) is 1. The maximum Gasteiger partial charge on any atom is 0.341 e. The Morgan fingerprint density at radius 3 is 2.93 bits per heavy atom. The topological polar surface area (TPSA) is 101 Å². The van der Waals surface area contributed by atoms with Gasteiger partial charge in [-0.05, 0) is 38.2 Å². The molecule has 1 amide bonds. The first-order valence-electron chi connectivity index (χ1n) is 9.36. The second-order valence-corrected chi connectivity index (χ2v) is 8.48. The molecule has 1 aliphatic carbocycles. The second kappa shape index (κ2) is 9.38. The molecule has 2 aromatic rings. The van der Waals surface area contributed by atoms with Gasteiger partial charge in [-0.2, -0.15) is 0 Å². The summed E-state index contributed by atoms with van der Waals surface area (Å²) in [4.78, 5) is 44.7. The zero-order chi connectivity index (χ0) is 20.1. The van der Waals surface area contributed by atoms with Crippen LogP contribution in [0.1, 0.15) is 53.2 Å². The summed E-state index contributed by atoms with van der Waals surface area (Å²) in [7, 11) is 0. The summed E-state index contributed by atoms with van der Waals surface area (Å²) in [6, 6.07) is 1.48. The maximum atomic E-state index is 12.4. The molecule has 0 saturated heterocycles. The highest BCUT2D eigenvalue weighted by atomic mass is 32.2. The van der Waals surface area contributed by atoms with Crippen molar-refractivity contribution in [1.29, 1.82) is 0 Å². The van der Waals surface area contributed by atoms with Gasteiger partial charge in [0, 0.05) is 16.6 Å². The molecule has 0 fully saturated rings. The van der Waals surface area contributed by atoms with Crippen molar-refractivity contribution in [2.24, 2.45) is 0 Å². The Morgan fingerprint density at radius 2 is 2.18 bits per heavy atom. The Bertz CT molecular complexity index is 936. The van der Waals surface area contributed by atoms with Gasteiger partial charge >= 0.3 is 5.97 Å². The number of carbonyl (C=O) groups is 2. The number of thioether (sulfide) groups is 1. The van der Waals surface area contributed by atoms with Gasteiger partial charge in [-0.15, -0.1) is 11.3 Å². The number of aromatic amines is 1. The van der Waals surface area contributed by atoms with Crippen LogP contribution in [0.2, 0.25) is 0 Å². The van der Waals surface area contributed by atoms with Crippen molar-refractivity contribution in [3.63, 3.8) is 0 Å². The number of aryl methyl sites for hydroxylation is 2. The number of carbonyl (C=O) groups excluding carboxylic acids is 2. The van der Waals surface area contributed by atoms with Crippen LogP contribution in [0.15, 0.2) is 16.0 Å². The summed E-state index contributed by atoms with van der Waals surface area (Å²) < 4.78 is 5.17. The molecule has 9 heteroatoms. The summed E-state index contributed by atoms with van der Waals surface area (Å²) in [6.45, 7) is 4.07. The van der Waals surface area contributed by atoms with Crippen molar-refractivity contribution in [1.82, 2.24) is 9.97 Å². The van der Waals surface area contributed by atoms with Crippen molar-refractivity contribution < 1.29 is 14.3 Å². The fourth-order valence-corrected chi connectivity index (χ4v) is 5.13. The molecule has 2 aromatic heterocycles. The highest BCUT2D eigenvalue weighted by Gasteiger charge is 2.28. The predicted molar refractivity (Wildman–Crippen MR) is 111 cm³/mol. The SMILES string of the molecule is CCCc1cc(=O)[nH]c(SCC(=O)Nc2sc3c(c2C(=O)OCC)CCC3)n1. The van der Waals surface area contributed by atoms with E-state index in [1.807, 2.05) is 6.92 Å². The molecule has 0 radical (unpaired) electrons. The Kier molecular flexibility index (Phi) is 6.90. The van der Waals surface area contributed by atoms with Crippen LogP contribution in [-0.4, -0.2) is 34.2 Å². The van der Waals surface area contributed by atoms with Crippen LogP contribution in [0.25, 0.3) is 0 Å². The lowest BCUT2D eigenvalue weighted by Crippen LogP contribution is -2.17. The third-order valence-corrected chi connectivity index (χ3v) is 6.35. The fourth-order valence-electron chi connectivity index (χ4n) is 3.14. The van der Waals surface area contributed by atoms with Crippen LogP contribution in [-0.2, 0) is 28.8 Å². The minimum atomic E-state index is -0.386. The zero-order valence-corrected chi connectivity index (χ0v) is 17.6. The monoisotopic (exact) mass is 421 g/mol. The number of aromatic nitrogens is 2. The molecule has 150 valence electrons. The number of thiophene rings is 1. The van der Waals surface area contributed by atoms with E-state index >= 15 is 0 Å². The number of esters is 1. The molecule has 0 saturated carbocycles. The number of nitrogens with one attached hydrogen (secondary N) is 2. The van der Waals surface area contributed by atoms with Gasteiger partial charge in [-0.3, -0.25) is 9.59 Å². The predicted octanol–water partition coefficient (Wildman–Crippen LogP) is 3.18. The van der Waals surface area contributed by atoms with Gasteiger partial charge in [-0.25, -0.2) is 9.78 Å². The van der Waals surface area contributed by atoms with Crippen LogP contribution >= 0.6 is 23.1 Å². The molecule has 1 aliphatic rings. The van der Waals surface area contributed by atoms with E-state index in [4.69, 9.17) is 4.74 Å². The van der Waals surface area contributed by atoms with Crippen LogP contribution in [0.5, 0.6) is 0 Å². The molecular formula is C19H23N3O4S2. The van der Waals surface area contributed by atoms with Crippen LogP contribution in [0, 0.1) is 0 Å². The quantitative estimate of drug-likeness (QED) is 0.386. The Morgan fingerprint density at radius 1 is 1.36 bits per heavy atom. The first kappa shape index (κ1) is 20.6. The highest BCUT2D eigenvalue weighted by molar-refractivity contribution is 7.99. The molecule has 0 unspecified atom stereocenters.